The Balaban J connectivity index is 2.93. The first-order chi connectivity index (χ1) is 9.28. The van der Waals surface area contributed by atoms with E-state index in [1.54, 1.807) is 18.2 Å². The first-order valence-corrected chi connectivity index (χ1v) is 7.12. The summed E-state index contributed by atoms with van der Waals surface area (Å²) in [4.78, 5) is 12.5. The molecule has 4 heteroatoms. The van der Waals surface area contributed by atoms with E-state index in [0.29, 0.717) is 23.6 Å². The molecule has 0 aliphatic heterocycles. The number of benzene rings is 1. The highest BCUT2D eigenvalue weighted by Gasteiger charge is 2.23. The van der Waals surface area contributed by atoms with E-state index in [2.05, 4.69) is 26.1 Å². The van der Waals surface area contributed by atoms with Crippen LogP contribution in [0.1, 0.15) is 51.4 Å². The molecule has 3 N–H and O–H groups in total. The predicted molar refractivity (Wildman–Crippen MR) is 83.3 cm³/mol. The van der Waals surface area contributed by atoms with Crippen LogP contribution in [-0.4, -0.2) is 24.0 Å². The molecule has 1 aromatic carbocycles. The van der Waals surface area contributed by atoms with Crippen molar-refractivity contribution in [2.45, 2.75) is 52.6 Å². The molecule has 20 heavy (non-hydrogen) atoms. The Morgan fingerprint density at radius 1 is 1.35 bits per heavy atom. The van der Waals surface area contributed by atoms with Crippen LogP contribution < -0.4 is 15.8 Å². The van der Waals surface area contributed by atoms with E-state index in [4.69, 9.17) is 10.5 Å². The van der Waals surface area contributed by atoms with Crippen LogP contribution in [0.3, 0.4) is 0 Å². The van der Waals surface area contributed by atoms with Crippen molar-refractivity contribution in [3.05, 3.63) is 23.8 Å². The number of Topliss-reactive ketones (excluding diaryl/α,β-unsaturated/α-hetero) is 1. The van der Waals surface area contributed by atoms with Gasteiger partial charge in [0.15, 0.2) is 5.78 Å². The fourth-order valence-electron chi connectivity index (χ4n) is 2.07. The molecular formula is C16H26N2O2. The van der Waals surface area contributed by atoms with Crippen LogP contribution in [0.4, 0.5) is 5.69 Å². The molecule has 0 amide bonds. The lowest BCUT2D eigenvalue weighted by atomic mass is 9.98. The molecule has 0 aromatic heterocycles. The number of anilines is 1. The maximum Gasteiger partial charge on any atom is 0.179 e. The van der Waals surface area contributed by atoms with Crippen molar-refractivity contribution >= 4 is 11.5 Å². The first kappa shape index (κ1) is 16.5. The minimum Gasteiger partial charge on any atom is -0.492 e. The van der Waals surface area contributed by atoms with Crippen LogP contribution in [0.2, 0.25) is 0 Å². The van der Waals surface area contributed by atoms with E-state index in [1.165, 1.54) is 0 Å². The molecular weight excluding hydrogens is 252 g/mol. The Bertz CT molecular complexity index is 464. The molecule has 0 heterocycles. The van der Waals surface area contributed by atoms with Crippen LogP contribution in [-0.2, 0) is 0 Å². The average Bonchev–Trinajstić information content (AvgIpc) is 2.36. The van der Waals surface area contributed by atoms with Crippen LogP contribution in [0.15, 0.2) is 18.2 Å². The van der Waals surface area contributed by atoms with Gasteiger partial charge < -0.3 is 15.8 Å². The van der Waals surface area contributed by atoms with Crippen molar-refractivity contribution in [3.8, 4) is 5.75 Å². The van der Waals surface area contributed by atoms with E-state index in [-0.39, 0.29) is 17.4 Å². The largest absolute Gasteiger partial charge is 0.492 e. The summed E-state index contributed by atoms with van der Waals surface area (Å²) in [5, 5.41) is 3.34. The van der Waals surface area contributed by atoms with Gasteiger partial charge >= 0.3 is 0 Å². The fraction of sp³-hybridized carbons (Fsp3) is 0.562. The summed E-state index contributed by atoms with van der Waals surface area (Å²) in [5.74, 6) is 0.693. The molecule has 1 aromatic rings. The molecule has 0 saturated heterocycles. The number of nitrogens with two attached hydrogens (primary N) is 1. The van der Waals surface area contributed by atoms with Gasteiger partial charge in [-0.2, -0.15) is 0 Å². The summed E-state index contributed by atoms with van der Waals surface area (Å²) in [7, 11) is 0. The second-order valence-electron chi connectivity index (χ2n) is 5.91. The average molecular weight is 278 g/mol. The molecule has 4 nitrogen and oxygen atoms in total. The quantitative estimate of drug-likeness (QED) is 0.620. The minimum atomic E-state index is -0.202. The van der Waals surface area contributed by atoms with Gasteiger partial charge in [-0.1, -0.05) is 6.92 Å². The highest BCUT2D eigenvalue weighted by Crippen LogP contribution is 2.23. The maximum atomic E-state index is 12.5. The second kappa shape index (κ2) is 6.75. The first-order valence-electron chi connectivity index (χ1n) is 7.12. The van der Waals surface area contributed by atoms with Gasteiger partial charge in [0.05, 0.1) is 18.3 Å². The van der Waals surface area contributed by atoms with E-state index in [1.807, 2.05) is 13.8 Å². The molecule has 0 fully saturated rings. The molecule has 1 atom stereocenters. The second-order valence-corrected chi connectivity index (χ2v) is 5.91. The van der Waals surface area contributed by atoms with Gasteiger partial charge in [0.25, 0.3) is 0 Å². The topological polar surface area (TPSA) is 64.3 Å². The lowest BCUT2D eigenvalue weighted by Crippen LogP contribution is -2.47. The smallest absolute Gasteiger partial charge is 0.179 e. The highest BCUT2D eigenvalue weighted by molar-refractivity contribution is 6.01. The molecule has 0 radical (unpaired) electrons. The zero-order chi connectivity index (χ0) is 15.3. The third kappa shape index (κ3) is 4.53. The van der Waals surface area contributed by atoms with Gasteiger partial charge in [-0.05, 0) is 52.3 Å². The number of carbonyl (C=O) groups excluding carboxylic acids is 1. The van der Waals surface area contributed by atoms with Crippen molar-refractivity contribution in [1.29, 1.82) is 0 Å². The minimum absolute atomic E-state index is 0.0668. The zero-order valence-electron chi connectivity index (χ0n) is 13.1. The predicted octanol–water partition coefficient (Wildman–Crippen LogP) is 3.02. The molecule has 0 bridgehead atoms. The SMILES string of the molecule is CCOc1ccc(C(=O)C(CC)NC(C)(C)C)cc1N. The third-order valence-electron chi connectivity index (χ3n) is 2.93. The van der Waals surface area contributed by atoms with Gasteiger partial charge in [0, 0.05) is 11.1 Å². The Morgan fingerprint density at radius 2 is 2.00 bits per heavy atom. The Morgan fingerprint density at radius 3 is 2.45 bits per heavy atom. The zero-order valence-corrected chi connectivity index (χ0v) is 13.1. The van der Waals surface area contributed by atoms with Crippen molar-refractivity contribution in [2.24, 2.45) is 0 Å². The third-order valence-corrected chi connectivity index (χ3v) is 2.93. The number of carbonyl (C=O) groups is 1. The summed E-state index contributed by atoms with van der Waals surface area (Å²) < 4.78 is 5.39. The molecule has 0 saturated carbocycles. The standard InChI is InChI=1S/C16H26N2O2/c1-6-13(18-16(3,4)5)15(19)11-8-9-14(20-7-2)12(17)10-11/h8-10,13,18H,6-7,17H2,1-5H3. The molecule has 1 rings (SSSR count). The van der Waals surface area contributed by atoms with Crippen LogP contribution in [0.25, 0.3) is 0 Å². The maximum absolute atomic E-state index is 12.5. The van der Waals surface area contributed by atoms with Crippen molar-refractivity contribution in [1.82, 2.24) is 5.32 Å². The monoisotopic (exact) mass is 278 g/mol. The number of ether oxygens (including phenoxy) is 1. The summed E-state index contributed by atoms with van der Waals surface area (Å²) in [6, 6.07) is 5.03. The lowest BCUT2D eigenvalue weighted by molar-refractivity contribution is 0.0923. The molecule has 0 aliphatic carbocycles. The number of hydrogen-bond donors (Lipinski definition) is 2. The van der Waals surface area contributed by atoms with Crippen LogP contribution >= 0.6 is 0 Å². The summed E-state index contributed by atoms with van der Waals surface area (Å²) in [6.45, 7) is 10.6. The van der Waals surface area contributed by atoms with Crippen molar-refractivity contribution < 1.29 is 9.53 Å². The summed E-state index contributed by atoms with van der Waals surface area (Å²) in [6.07, 6.45) is 0.739. The van der Waals surface area contributed by atoms with Crippen LogP contribution in [0.5, 0.6) is 5.75 Å². The molecule has 1 unspecified atom stereocenters. The van der Waals surface area contributed by atoms with E-state index < -0.39 is 0 Å². The number of hydrogen-bond acceptors (Lipinski definition) is 4. The Kier molecular flexibility index (Phi) is 5.57. The molecule has 0 spiro atoms. The van der Waals surface area contributed by atoms with Gasteiger partial charge in [0.1, 0.15) is 5.75 Å². The normalized spacial score (nSPS) is 13.1. The van der Waals surface area contributed by atoms with Gasteiger partial charge in [-0.25, -0.2) is 0 Å². The van der Waals surface area contributed by atoms with E-state index >= 15 is 0 Å². The van der Waals surface area contributed by atoms with E-state index in [0.717, 1.165) is 6.42 Å². The number of nitrogens with one attached hydrogen (secondary N) is 1. The van der Waals surface area contributed by atoms with Crippen molar-refractivity contribution in [2.75, 3.05) is 12.3 Å². The van der Waals surface area contributed by atoms with Gasteiger partial charge in [-0.3, -0.25) is 4.79 Å². The number of rotatable bonds is 6. The number of nitrogen functional groups attached to an aromatic ring is 1. The molecule has 0 aliphatic rings. The number of ketones is 1. The Hall–Kier alpha value is -1.55. The van der Waals surface area contributed by atoms with Gasteiger partial charge in [0.2, 0.25) is 0 Å². The fourth-order valence-corrected chi connectivity index (χ4v) is 2.07. The summed E-state index contributed by atoms with van der Waals surface area (Å²) in [5.41, 5.74) is 6.94. The van der Waals surface area contributed by atoms with Crippen LogP contribution in [0, 0.1) is 0 Å². The van der Waals surface area contributed by atoms with Gasteiger partial charge in [-0.15, -0.1) is 0 Å². The summed E-state index contributed by atoms with van der Waals surface area (Å²) >= 11 is 0. The van der Waals surface area contributed by atoms with Crippen molar-refractivity contribution in [3.63, 3.8) is 0 Å². The Labute approximate surface area is 121 Å². The van der Waals surface area contributed by atoms with E-state index in [9.17, 15) is 4.79 Å². The highest BCUT2D eigenvalue weighted by atomic mass is 16.5. The lowest BCUT2D eigenvalue weighted by Gasteiger charge is -2.27. The molecule has 112 valence electrons.